The number of rotatable bonds is 4. The molecule has 1 aromatic carbocycles. The van der Waals surface area contributed by atoms with Gasteiger partial charge in [-0.2, -0.15) is 18.3 Å². The summed E-state index contributed by atoms with van der Waals surface area (Å²) in [5.41, 5.74) is 1.41. The number of hydrogen-bond donors (Lipinski definition) is 2. The van der Waals surface area contributed by atoms with Crippen molar-refractivity contribution in [1.29, 1.82) is 0 Å². The van der Waals surface area contributed by atoms with Crippen LogP contribution in [0.4, 0.5) is 13.2 Å². The van der Waals surface area contributed by atoms with E-state index in [-0.39, 0.29) is 42.1 Å². The van der Waals surface area contributed by atoms with Gasteiger partial charge < -0.3 is 10.6 Å². The molecule has 0 aliphatic heterocycles. The summed E-state index contributed by atoms with van der Waals surface area (Å²) in [5, 5.41) is 10.5. The first-order valence-corrected chi connectivity index (χ1v) is 9.14. The largest absolute Gasteiger partial charge is 0.416 e. The van der Waals surface area contributed by atoms with Crippen LogP contribution in [0.2, 0.25) is 0 Å². The molecule has 0 bridgehead atoms. The molecule has 0 atom stereocenters. The van der Waals surface area contributed by atoms with E-state index in [1.807, 2.05) is 19.9 Å². The minimum atomic E-state index is -4.46. The van der Waals surface area contributed by atoms with E-state index < -0.39 is 11.7 Å². The summed E-state index contributed by atoms with van der Waals surface area (Å²) in [6, 6.07) is 6.35. The number of nitrogens with zero attached hydrogens (tertiary/aromatic N) is 3. The van der Waals surface area contributed by atoms with Gasteiger partial charge in [0.15, 0.2) is 5.96 Å². The number of halogens is 4. The molecule has 0 spiro atoms. The Morgan fingerprint density at radius 1 is 1.21 bits per heavy atom. The van der Waals surface area contributed by atoms with Crippen LogP contribution in [0.1, 0.15) is 35.4 Å². The van der Waals surface area contributed by atoms with Crippen molar-refractivity contribution >= 4 is 29.9 Å². The predicted molar refractivity (Wildman–Crippen MR) is 119 cm³/mol. The lowest BCUT2D eigenvalue weighted by molar-refractivity contribution is -0.138. The van der Waals surface area contributed by atoms with E-state index in [4.69, 9.17) is 0 Å². The van der Waals surface area contributed by atoms with E-state index in [0.29, 0.717) is 11.6 Å². The van der Waals surface area contributed by atoms with Crippen LogP contribution in [0.3, 0.4) is 0 Å². The van der Waals surface area contributed by atoms with Gasteiger partial charge in [0.2, 0.25) is 0 Å². The topological polar surface area (TPSA) is 54.2 Å². The van der Waals surface area contributed by atoms with Crippen molar-refractivity contribution in [3.63, 3.8) is 0 Å². The maximum atomic E-state index is 13.7. The average Bonchev–Trinajstić information content (AvgIpc) is 3.26. The summed E-state index contributed by atoms with van der Waals surface area (Å²) in [6.07, 6.45) is 1.45. The fraction of sp³-hybridized carbons (Fsp3) is 0.400. The Balaban J connectivity index is 0.00000300. The highest BCUT2D eigenvalue weighted by atomic mass is 127. The van der Waals surface area contributed by atoms with Crippen molar-refractivity contribution in [3.8, 4) is 5.69 Å². The predicted octanol–water partition coefficient (Wildman–Crippen LogP) is 4.51. The molecule has 0 radical (unpaired) electrons. The lowest BCUT2D eigenvalue weighted by atomic mass is 10.1. The molecule has 2 N–H and O–H groups in total. The number of aromatic nitrogens is 2. The minimum absolute atomic E-state index is 0. The van der Waals surface area contributed by atoms with E-state index in [0.717, 1.165) is 30.3 Å². The highest BCUT2D eigenvalue weighted by molar-refractivity contribution is 14.0. The van der Waals surface area contributed by atoms with Gasteiger partial charge in [0.05, 0.1) is 16.9 Å². The van der Waals surface area contributed by atoms with Crippen LogP contribution in [-0.4, -0.2) is 28.8 Å². The minimum Gasteiger partial charge on any atom is -0.353 e. The molecule has 3 rings (SSSR count). The summed E-state index contributed by atoms with van der Waals surface area (Å²) >= 11 is 0. The maximum absolute atomic E-state index is 13.7. The molecule has 0 amide bonds. The van der Waals surface area contributed by atoms with Crippen LogP contribution in [0, 0.1) is 13.8 Å². The van der Waals surface area contributed by atoms with Crippen LogP contribution in [-0.2, 0) is 12.7 Å². The van der Waals surface area contributed by atoms with Gasteiger partial charge >= 0.3 is 6.18 Å². The maximum Gasteiger partial charge on any atom is 0.416 e. The Kier molecular flexibility index (Phi) is 7.73. The van der Waals surface area contributed by atoms with Crippen molar-refractivity contribution in [2.24, 2.45) is 4.99 Å². The van der Waals surface area contributed by atoms with Crippen LogP contribution in [0.5, 0.6) is 0 Å². The molecule has 158 valence electrons. The smallest absolute Gasteiger partial charge is 0.353 e. The Hall–Kier alpha value is -2.04. The third-order valence-electron chi connectivity index (χ3n) is 4.67. The summed E-state index contributed by atoms with van der Waals surface area (Å²) in [5.74, 6) is 0.490. The van der Waals surface area contributed by atoms with Crippen LogP contribution in [0.25, 0.3) is 5.69 Å². The average molecular weight is 519 g/mol. The lowest BCUT2D eigenvalue weighted by Gasteiger charge is -2.19. The van der Waals surface area contributed by atoms with E-state index in [9.17, 15) is 13.2 Å². The molecule has 0 saturated carbocycles. The molecule has 1 aliphatic carbocycles. The Morgan fingerprint density at radius 3 is 2.45 bits per heavy atom. The van der Waals surface area contributed by atoms with Gasteiger partial charge in [0, 0.05) is 25.3 Å². The number of aliphatic imine (C=N–C) groups is 1. The van der Waals surface area contributed by atoms with Crippen molar-refractivity contribution in [2.75, 3.05) is 7.05 Å². The van der Waals surface area contributed by atoms with Crippen molar-refractivity contribution in [1.82, 2.24) is 20.4 Å². The molecule has 5 nitrogen and oxygen atoms in total. The second-order valence-electron chi connectivity index (χ2n) is 6.89. The number of nitrogens with one attached hydrogen (secondary N) is 2. The molecule has 1 heterocycles. The molecule has 0 unspecified atom stereocenters. The first kappa shape index (κ1) is 23.2. The monoisotopic (exact) mass is 519 g/mol. The highest BCUT2D eigenvalue weighted by Crippen LogP contribution is 2.33. The third kappa shape index (κ3) is 5.74. The van der Waals surface area contributed by atoms with Gasteiger partial charge in [-0.05, 0) is 50.5 Å². The zero-order valence-corrected chi connectivity index (χ0v) is 18.9. The Labute approximate surface area is 185 Å². The molecule has 1 aliphatic rings. The quantitative estimate of drug-likeness (QED) is 0.271. The summed E-state index contributed by atoms with van der Waals surface area (Å²) < 4.78 is 42.5. The molecule has 9 heteroatoms. The zero-order chi connectivity index (χ0) is 20.3. The summed E-state index contributed by atoms with van der Waals surface area (Å²) in [6.45, 7) is 3.65. The van der Waals surface area contributed by atoms with Crippen LogP contribution >= 0.6 is 24.0 Å². The van der Waals surface area contributed by atoms with Crippen LogP contribution in [0.15, 0.2) is 41.4 Å². The molecule has 0 saturated heterocycles. The van der Waals surface area contributed by atoms with Gasteiger partial charge in [0.25, 0.3) is 0 Å². The standard InChI is InChI=1S/C20H24F3N5.HI/c1-13-10-14(2)28(27-13)17-9-8-15(18(11-17)20(21,22)23)12-25-19(24-3)26-16-6-4-5-7-16;/h4-5,8-11,16H,6-7,12H2,1-3H3,(H2,24,25,26);1H. The van der Waals surface area contributed by atoms with Gasteiger partial charge in [-0.3, -0.25) is 4.99 Å². The van der Waals surface area contributed by atoms with Crippen LogP contribution < -0.4 is 10.6 Å². The Morgan fingerprint density at radius 2 is 1.90 bits per heavy atom. The number of alkyl halides is 3. The number of benzene rings is 1. The number of guanidine groups is 1. The van der Waals surface area contributed by atoms with Gasteiger partial charge in [-0.15, -0.1) is 24.0 Å². The SMILES string of the molecule is CN=C(NCc1ccc(-n2nc(C)cc2C)cc1C(F)(F)F)NC1CC=CC1.I. The second-order valence-corrected chi connectivity index (χ2v) is 6.89. The van der Waals surface area contributed by atoms with Crippen molar-refractivity contribution in [2.45, 2.75) is 45.5 Å². The normalized spacial score (nSPS) is 14.8. The molecule has 0 fully saturated rings. The fourth-order valence-electron chi connectivity index (χ4n) is 3.31. The first-order chi connectivity index (χ1) is 13.3. The van der Waals surface area contributed by atoms with E-state index in [1.165, 1.54) is 10.7 Å². The van der Waals surface area contributed by atoms with E-state index in [2.05, 4.69) is 32.9 Å². The third-order valence-corrected chi connectivity index (χ3v) is 4.67. The fourth-order valence-corrected chi connectivity index (χ4v) is 3.31. The van der Waals surface area contributed by atoms with Crippen molar-refractivity contribution in [3.05, 3.63) is 58.9 Å². The van der Waals surface area contributed by atoms with Gasteiger partial charge in [0.1, 0.15) is 0 Å². The molecule has 29 heavy (non-hydrogen) atoms. The summed E-state index contributed by atoms with van der Waals surface area (Å²) in [4.78, 5) is 4.11. The molecule has 2 aromatic rings. The van der Waals surface area contributed by atoms with Gasteiger partial charge in [-0.1, -0.05) is 18.2 Å². The summed E-state index contributed by atoms with van der Waals surface area (Å²) in [7, 11) is 1.61. The van der Waals surface area contributed by atoms with E-state index >= 15 is 0 Å². The highest BCUT2D eigenvalue weighted by Gasteiger charge is 2.34. The van der Waals surface area contributed by atoms with E-state index in [1.54, 1.807) is 13.1 Å². The number of hydrogen-bond acceptors (Lipinski definition) is 2. The molecule has 1 aromatic heterocycles. The second kappa shape index (κ2) is 9.64. The molecular weight excluding hydrogens is 494 g/mol. The van der Waals surface area contributed by atoms with Crippen molar-refractivity contribution < 1.29 is 13.2 Å². The first-order valence-electron chi connectivity index (χ1n) is 9.14. The zero-order valence-electron chi connectivity index (χ0n) is 16.5. The number of aryl methyl sites for hydroxylation is 2. The van der Waals surface area contributed by atoms with Gasteiger partial charge in [-0.25, -0.2) is 4.68 Å². The Bertz CT molecular complexity index is 894. The lowest BCUT2D eigenvalue weighted by Crippen LogP contribution is -2.42. The molecular formula is C20H25F3IN5.